The van der Waals surface area contributed by atoms with Gasteiger partial charge in [-0.3, -0.25) is 0 Å². The number of fused-ring (bicyclic) bond motifs is 3. The maximum atomic E-state index is 12.8. The van der Waals surface area contributed by atoms with Gasteiger partial charge in [0.1, 0.15) is 5.60 Å². The molecule has 2 aromatic carbocycles. The normalized spacial score (nSPS) is 16.5. The quantitative estimate of drug-likeness (QED) is 0.716. The van der Waals surface area contributed by atoms with Crippen molar-refractivity contribution in [2.75, 3.05) is 0 Å². The third-order valence-electron chi connectivity index (χ3n) is 4.60. The summed E-state index contributed by atoms with van der Waals surface area (Å²) in [7, 11) is 0. The van der Waals surface area contributed by atoms with Crippen LogP contribution in [0.15, 0.2) is 42.5 Å². The van der Waals surface area contributed by atoms with Crippen LogP contribution in [0.1, 0.15) is 39.2 Å². The lowest BCUT2D eigenvalue weighted by molar-refractivity contribution is 0.0551. The highest BCUT2D eigenvalue weighted by molar-refractivity contribution is 6.14. The molecular formula is C20H22N2O2. The number of hydrogen-bond donors (Lipinski definition) is 1. The first-order chi connectivity index (χ1) is 11.3. The maximum Gasteiger partial charge on any atom is 0.419 e. The highest BCUT2D eigenvalue weighted by Crippen LogP contribution is 2.47. The Bertz CT molecular complexity index is 959. The molecule has 1 aromatic heterocycles. The summed E-state index contributed by atoms with van der Waals surface area (Å²) in [5.41, 5.74) is 8.53. The van der Waals surface area contributed by atoms with Crippen molar-refractivity contribution in [3.63, 3.8) is 0 Å². The van der Waals surface area contributed by atoms with Gasteiger partial charge in [0.05, 0.1) is 11.0 Å². The van der Waals surface area contributed by atoms with Gasteiger partial charge in [0.2, 0.25) is 0 Å². The van der Waals surface area contributed by atoms with E-state index in [4.69, 9.17) is 10.5 Å². The highest BCUT2D eigenvalue weighted by Gasteiger charge is 2.42. The zero-order valence-electron chi connectivity index (χ0n) is 14.3. The molecule has 2 N–H and O–H groups in total. The lowest BCUT2D eigenvalue weighted by Crippen LogP contribution is -2.27. The molecule has 24 heavy (non-hydrogen) atoms. The number of aromatic nitrogens is 1. The van der Waals surface area contributed by atoms with E-state index in [0.29, 0.717) is 0 Å². The average molecular weight is 322 g/mol. The van der Waals surface area contributed by atoms with Crippen molar-refractivity contribution in [3.05, 3.63) is 48.0 Å². The van der Waals surface area contributed by atoms with E-state index in [2.05, 4.69) is 6.07 Å². The van der Waals surface area contributed by atoms with E-state index in [0.717, 1.165) is 40.2 Å². The second-order valence-corrected chi connectivity index (χ2v) is 7.69. The number of benzene rings is 2. The number of hydrogen-bond acceptors (Lipinski definition) is 3. The number of nitrogens with zero attached hydrogens (tertiary/aromatic N) is 1. The van der Waals surface area contributed by atoms with Crippen LogP contribution in [0.25, 0.3) is 21.8 Å². The number of ether oxygens (including phenoxy) is 1. The molecule has 0 amide bonds. The van der Waals surface area contributed by atoms with Gasteiger partial charge in [0.15, 0.2) is 0 Å². The minimum atomic E-state index is -0.544. The molecule has 124 valence electrons. The average Bonchev–Trinajstić information content (AvgIpc) is 3.16. The Labute approximate surface area is 141 Å². The van der Waals surface area contributed by atoms with E-state index < -0.39 is 5.60 Å². The van der Waals surface area contributed by atoms with Crippen LogP contribution < -0.4 is 5.73 Å². The minimum absolute atomic E-state index is 0.262. The lowest BCUT2D eigenvalue weighted by atomic mass is 9.99. The molecule has 0 saturated heterocycles. The second kappa shape index (κ2) is 4.84. The van der Waals surface area contributed by atoms with E-state index in [1.807, 2.05) is 57.2 Å². The van der Waals surface area contributed by atoms with Crippen molar-refractivity contribution in [2.45, 2.75) is 44.8 Å². The summed E-state index contributed by atoms with van der Waals surface area (Å²) in [6.45, 7) is 5.63. The van der Waals surface area contributed by atoms with Crippen molar-refractivity contribution in [1.29, 1.82) is 0 Å². The highest BCUT2D eigenvalue weighted by atomic mass is 16.6. The SMILES string of the molecule is CC(C)(C)OC(=O)n1c2ccccc2c2c(C3(N)CC3)cccc21. The first-order valence-electron chi connectivity index (χ1n) is 8.35. The van der Waals surface area contributed by atoms with Gasteiger partial charge < -0.3 is 10.5 Å². The van der Waals surface area contributed by atoms with Gasteiger partial charge in [-0.25, -0.2) is 9.36 Å². The Morgan fingerprint density at radius 2 is 1.75 bits per heavy atom. The Morgan fingerprint density at radius 3 is 2.42 bits per heavy atom. The molecule has 0 spiro atoms. The van der Waals surface area contributed by atoms with Gasteiger partial charge >= 0.3 is 6.09 Å². The van der Waals surface area contributed by atoms with Crippen molar-refractivity contribution >= 4 is 27.9 Å². The zero-order chi connectivity index (χ0) is 17.1. The summed E-state index contributed by atoms with van der Waals surface area (Å²) in [4.78, 5) is 12.8. The fourth-order valence-corrected chi connectivity index (χ4v) is 3.34. The molecule has 0 radical (unpaired) electrons. The summed E-state index contributed by atoms with van der Waals surface area (Å²) < 4.78 is 7.30. The van der Waals surface area contributed by atoms with E-state index in [-0.39, 0.29) is 11.6 Å². The first-order valence-corrected chi connectivity index (χ1v) is 8.35. The predicted octanol–water partition coefficient (Wildman–Crippen LogP) is 4.53. The monoisotopic (exact) mass is 322 g/mol. The van der Waals surface area contributed by atoms with Gasteiger partial charge in [-0.1, -0.05) is 30.3 Å². The maximum absolute atomic E-state index is 12.8. The van der Waals surface area contributed by atoms with Crippen LogP contribution in [0.4, 0.5) is 4.79 Å². The molecule has 4 nitrogen and oxygen atoms in total. The second-order valence-electron chi connectivity index (χ2n) is 7.69. The van der Waals surface area contributed by atoms with Crippen LogP contribution in [-0.2, 0) is 10.3 Å². The van der Waals surface area contributed by atoms with Crippen LogP contribution in [0.2, 0.25) is 0 Å². The number of rotatable bonds is 1. The predicted molar refractivity (Wildman–Crippen MR) is 96.2 cm³/mol. The molecule has 4 rings (SSSR count). The molecule has 0 aliphatic heterocycles. The zero-order valence-corrected chi connectivity index (χ0v) is 14.3. The molecule has 1 aliphatic carbocycles. The molecule has 4 heteroatoms. The smallest absolute Gasteiger partial charge is 0.419 e. The summed E-state index contributed by atoms with van der Waals surface area (Å²) in [5, 5.41) is 2.12. The summed E-state index contributed by atoms with van der Waals surface area (Å²) in [5.74, 6) is 0. The van der Waals surface area contributed by atoms with E-state index in [9.17, 15) is 4.79 Å². The van der Waals surface area contributed by atoms with Crippen LogP contribution in [-0.4, -0.2) is 16.3 Å². The standard InChI is InChI=1S/C20H22N2O2/c1-19(2,3)24-18(23)22-15-9-5-4-7-13(15)17-14(20(21)11-12-20)8-6-10-16(17)22/h4-10H,11-12,21H2,1-3H3. The molecule has 1 aliphatic rings. The first kappa shape index (κ1) is 15.2. The molecular weight excluding hydrogens is 300 g/mol. The molecule has 1 saturated carbocycles. The summed E-state index contributed by atoms with van der Waals surface area (Å²) >= 11 is 0. The summed E-state index contributed by atoms with van der Waals surface area (Å²) in [6, 6.07) is 14.0. The largest absolute Gasteiger partial charge is 0.443 e. The van der Waals surface area contributed by atoms with Gasteiger partial charge in [0, 0.05) is 16.3 Å². The van der Waals surface area contributed by atoms with Gasteiger partial charge in [-0.2, -0.15) is 0 Å². The Kier molecular flexibility index (Phi) is 3.06. The number of nitrogens with two attached hydrogens (primary N) is 1. The van der Waals surface area contributed by atoms with Crippen LogP contribution >= 0.6 is 0 Å². The van der Waals surface area contributed by atoms with E-state index in [1.165, 1.54) is 0 Å². The van der Waals surface area contributed by atoms with Gasteiger partial charge in [0.25, 0.3) is 0 Å². The van der Waals surface area contributed by atoms with Crippen LogP contribution in [0, 0.1) is 0 Å². The molecule has 0 unspecified atom stereocenters. The van der Waals surface area contributed by atoms with Crippen molar-refractivity contribution in [2.24, 2.45) is 5.73 Å². The van der Waals surface area contributed by atoms with Crippen molar-refractivity contribution < 1.29 is 9.53 Å². The Balaban J connectivity index is 2.04. The van der Waals surface area contributed by atoms with E-state index >= 15 is 0 Å². The van der Waals surface area contributed by atoms with Crippen LogP contribution in [0.3, 0.4) is 0 Å². The Morgan fingerprint density at radius 1 is 1.08 bits per heavy atom. The lowest BCUT2D eigenvalue weighted by Gasteiger charge is -2.20. The number of carbonyl (C=O) groups is 1. The fourth-order valence-electron chi connectivity index (χ4n) is 3.34. The molecule has 1 fully saturated rings. The molecule has 0 bridgehead atoms. The molecule has 0 atom stereocenters. The van der Waals surface area contributed by atoms with E-state index in [1.54, 1.807) is 4.57 Å². The number of carbonyl (C=O) groups excluding carboxylic acids is 1. The number of para-hydroxylation sites is 1. The Hall–Kier alpha value is -2.33. The van der Waals surface area contributed by atoms with Crippen molar-refractivity contribution in [3.8, 4) is 0 Å². The fraction of sp³-hybridized carbons (Fsp3) is 0.350. The van der Waals surface area contributed by atoms with Crippen molar-refractivity contribution in [1.82, 2.24) is 4.57 Å². The third kappa shape index (κ3) is 2.29. The van der Waals surface area contributed by atoms with Crippen LogP contribution in [0.5, 0.6) is 0 Å². The molecule has 3 aromatic rings. The van der Waals surface area contributed by atoms with Gasteiger partial charge in [-0.05, 0) is 51.3 Å². The topological polar surface area (TPSA) is 57.2 Å². The third-order valence-corrected chi connectivity index (χ3v) is 4.60. The minimum Gasteiger partial charge on any atom is -0.443 e. The molecule has 1 heterocycles. The summed E-state index contributed by atoms with van der Waals surface area (Å²) in [6.07, 6.45) is 1.61. The van der Waals surface area contributed by atoms with Gasteiger partial charge in [-0.15, -0.1) is 0 Å².